The Morgan fingerprint density at radius 3 is 2.44 bits per heavy atom. The van der Waals surface area contributed by atoms with Crippen molar-refractivity contribution < 1.29 is 23.8 Å². The largest absolute Gasteiger partial charge is 0.493 e. The van der Waals surface area contributed by atoms with Gasteiger partial charge in [-0.05, 0) is 37.0 Å². The van der Waals surface area contributed by atoms with Gasteiger partial charge < -0.3 is 24.8 Å². The van der Waals surface area contributed by atoms with E-state index in [1.54, 1.807) is 19.1 Å². The van der Waals surface area contributed by atoms with Gasteiger partial charge >= 0.3 is 12.0 Å². The van der Waals surface area contributed by atoms with E-state index < -0.39 is 18.0 Å². The molecule has 1 atom stereocenters. The molecule has 0 saturated carbocycles. The lowest BCUT2D eigenvalue weighted by atomic mass is 9.95. The molecule has 27 heavy (non-hydrogen) atoms. The van der Waals surface area contributed by atoms with Crippen molar-refractivity contribution in [2.45, 2.75) is 33.2 Å². The summed E-state index contributed by atoms with van der Waals surface area (Å²) in [5.41, 5.74) is 1.48. The molecule has 0 aliphatic carbocycles. The maximum atomic E-state index is 12.7. The average Bonchev–Trinajstić information content (AvgIpc) is 2.60. The number of methoxy groups -OCH3 is 2. The van der Waals surface area contributed by atoms with E-state index in [4.69, 9.17) is 14.2 Å². The van der Waals surface area contributed by atoms with Crippen molar-refractivity contribution in [2.24, 2.45) is 5.92 Å². The molecular formula is C19H25BrN2O5. The van der Waals surface area contributed by atoms with Gasteiger partial charge in [-0.1, -0.05) is 29.8 Å². The molecule has 8 heteroatoms. The SMILES string of the molecule is COc1cc(Br)c(C2NC(=O)NC(C)=C2C(=O)OCCC(C)C)cc1OC. The van der Waals surface area contributed by atoms with Crippen molar-refractivity contribution in [3.8, 4) is 11.5 Å². The molecule has 1 aromatic carbocycles. The number of urea groups is 1. The van der Waals surface area contributed by atoms with Crippen molar-refractivity contribution in [1.82, 2.24) is 10.6 Å². The summed E-state index contributed by atoms with van der Waals surface area (Å²) in [4.78, 5) is 24.8. The second-order valence-electron chi connectivity index (χ2n) is 6.62. The summed E-state index contributed by atoms with van der Waals surface area (Å²) >= 11 is 3.49. The molecule has 7 nitrogen and oxygen atoms in total. The van der Waals surface area contributed by atoms with E-state index in [0.29, 0.717) is 45.3 Å². The number of nitrogens with one attached hydrogen (secondary N) is 2. The van der Waals surface area contributed by atoms with Crippen LogP contribution in [0.15, 0.2) is 27.9 Å². The summed E-state index contributed by atoms with van der Waals surface area (Å²) in [6.07, 6.45) is 0.766. The van der Waals surface area contributed by atoms with Crippen LogP contribution in [0.5, 0.6) is 11.5 Å². The fraction of sp³-hybridized carbons (Fsp3) is 0.474. The number of rotatable bonds is 7. The first kappa shape index (κ1) is 21.1. The molecule has 0 radical (unpaired) electrons. The van der Waals surface area contributed by atoms with Gasteiger partial charge in [-0.2, -0.15) is 0 Å². The van der Waals surface area contributed by atoms with Crippen molar-refractivity contribution >= 4 is 27.9 Å². The van der Waals surface area contributed by atoms with Gasteiger partial charge in [0.1, 0.15) is 0 Å². The van der Waals surface area contributed by atoms with E-state index >= 15 is 0 Å². The summed E-state index contributed by atoms with van der Waals surface area (Å²) in [6.45, 7) is 6.12. The van der Waals surface area contributed by atoms with Crippen LogP contribution in [0.4, 0.5) is 4.79 Å². The average molecular weight is 441 g/mol. The number of esters is 1. The first-order chi connectivity index (χ1) is 12.8. The zero-order chi connectivity index (χ0) is 20.1. The van der Waals surface area contributed by atoms with Crippen molar-refractivity contribution in [2.75, 3.05) is 20.8 Å². The van der Waals surface area contributed by atoms with Crippen LogP contribution in [0.2, 0.25) is 0 Å². The molecule has 1 aliphatic heterocycles. The highest BCUT2D eigenvalue weighted by Crippen LogP contribution is 2.39. The first-order valence-electron chi connectivity index (χ1n) is 8.65. The Labute approximate surface area is 167 Å². The van der Waals surface area contributed by atoms with E-state index in [9.17, 15) is 9.59 Å². The minimum Gasteiger partial charge on any atom is -0.493 e. The van der Waals surface area contributed by atoms with Crippen LogP contribution in [0, 0.1) is 5.92 Å². The Balaban J connectivity index is 2.42. The Morgan fingerprint density at radius 2 is 1.85 bits per heavy atom. The molecule has 2 N–H and O–H groups in total. The molecule has 0 aromatic heterocycles. The highest BCUT2D eigenvalue weighted by molar-refractivity contribution is 9.10. The van der Waals surface area contributed by atoms with Gasteiger partial charge in [0.25, 0.3) is 0 Å². The van der Waals surface area contributed by atoms with Gasteiger partial charge in [0.15, 0.2) is 11.5 Å². The lowest BCUT2D eigenvalue weighted by Crippen LogP contribution is -2.45. The molecule has 2 rings (SSSR count). The third kappa shape index (κ3) is 4.94. The highest BCUT2D eigenvalue weighted by Gasteiger charge is 2.34. The molecule has 0 spiro atoms. The highest BCUT2D eigenvalue weighted by atomic mass is 79.9. The first-order valence-corrected chi connectivity index (χ1v) is 9.44. The quantitative estimate of drug-likeness (QED) is 0.631. The second-order valence-corrected chi connectivity index (χ2v) is 7.47. The molecule has 1 aromatic rings. The Hall–Kier alpha value is -2.22. The summed E-state index contributed by atoms with van der Waals surface area (Å²) in [5.74, 6) is 0.990. The number of carbonyl (C=O) groups is 2. The van der Waals surface area contributed by atoms with E-state index in [-0.39, 0.29) is 0 Å². The van der Waals surface area contributed by atoms with Crippen molar-refractivity contribution in [3.63, 3.8) is 0 Å². The Bertz CT molecular complexity index is 761. The molecule has 1 aliphatic rings. The van der Waals surface area contributed by atoms with Crippen molar-refractivity contribution in [1.29, 1.82) is 0 Å². The maximum absolute atomic E-state index is 12.7. The predicted octanol–water partition coefficient (Wildman–Crippen LogP) is 3.68. The van der Waals surface area contributed by atoms with Gasteiger partial charge in [-0.15, -0.1) is 0 Å². The van der Waals surface area contributed by atoms with Gasteiger partial charge in [0.05, 0.1) is 32.4 Å². The van der Waals surface area contributed by atoms with Crippen LogP contribution < -0.4 is 20.1 Å². The standard InChI is InChI=1S/C19H25BrN2O5/c1-10(2)6-7-27-18(23)16-11(3)21-19(24)22-17(16)12-8-14(25-4)15(26-5)9-13(12)20/h8-10,17H,6-7H2,1-5H3,(H2,21,22,24). The van der Waals surface area contributed by atoms with Gasteiger partial charge in [0.2, 0.25) is 0 Å². The third-order valence-electron chi connectivity index (χ3n) is 4.23. The van der Waals surface area contributed by atoms with Crippen LogP contribution in [0.25, 0.3) is 0 Å². The topological polar surface area (TPSA) is 85.9 Å². The minimum absolute atomic E-state index is 0.320. The number of hydrogen-bond acceptors (Lipinski definition) is 5. The number of halogens is 1. The van der Waals surface area contributed by atoms with Crippen LogP contribution in [-0.4, -0.2) is 32.8 Å². The summed E-state index contributed by atoms with van der Waals surface area (Å²) < 4.78 is 16.8. The Kier molecular flexibility index (Phi) is 7.12. The molecule has 1 unspecified atom stereocenters. The summed E-state index contributed by atoms with van der Waals surface area (Å²) in [6, 6.07) is 2.39. The zero-order valence-corrected chi connectivity index (χ0v) is 17.7. The molecular weight excluding hydrogens is 416 g/mol. The predicted molar refractivity (Wildman–Crippen MR) is 105 cm³/mol. The van der Waals surface area contributed by atoms with E-state index in [2.05, 4.69) is 40.4 Å². The minimum atomic E-state index is -0.681. The normalized spacial score (nSPS) is 16.7. The van der Waals surface area contributed by atoms with E-state index in [1.165, 1.54) is 14.2 Å². The molecule has 0 bridgehead atoms. The van der Waals surface area contributed by atoms with Gasteiger partial charge in [-0.3, -0.25) is 0 Å². The zero-order valence-electron chi connectivity index (χ0n) is 16.1. The lowest BCUT2D eigenvalue weighted by molar-refractivity contribution is -0.139. The number of allylic oxidation sites excluding steroid dienone is 1. The molecule has 2 amide bonds. The number of carbonyl (C=O) groups excluding carboxylic acids is 2. The Morgan fingerprint density at radius 1 is 1.22 bits per heavy atom. The number of amides is 2. The molecule has 1 heterocycles. The summed E-state index contributed by atoms with van der Waals surface area (Å²) in [7, 11) is 3.07. The molecule has 148 valence electrons. The summed E-state index contributed by atoms with van der Waals surface area (Å²) in [5, 5.41) is 5.43. The fourth-order valence-electron chi connectivity index (χ4n) is 2.75. The molecule has 0 fully saturated rings. The number of benzene rings is 1. The lowest BCUT2D eigenvalue weighted by Gasteiger charge is -2.29. The van der Waals surface area contributed by atoms with Crippen LogP contribution >= 0.6 is 15.9 Å². The monoisotopic (exact) mass is 440 g/mol. The van der Waals surface area contributed by atoms with Crippen LogP contribution in [-0.2, 0) is 9.53 Å². The fourth-order valence-corrected chi connectivity index (χ4v) is 3.31. The van der Waals surface area contributed by atoms with Gasteiger partial charge in [-0.25, -0.2) is 9.59 Å². The number of hydrogen-bond donors (Lipinski definition) is 2. The van der Waals surface area contributed by atoms with Crippen LogP contribution in [0.1, 0.15) is 38.8 Å². The second kappa shape index (κ2) is 9.12. The number of ether oxygens (including phenoxy) is 3. The smallest absolute Gasteiger partial charge is 0.338 e. The van der Waals surface area contributed by atoms with Crippen molar-refractivity contribution in [3.05, 3.63) is 33.4 Å². The van der Waals surface area contributed by atoms with E-state index in [0.717, 1.165) is 6.42 Å². The van der Waals surface area contributed by atoms with Gasteiger partial charge in [0, 0.05) is 10.2 Å². The van der Waals surface area contributed by atoms with Crippen LogP contribution in [0.3, 0.4) is 0 Å². The maximum Gasteiger partial charge on any atom is 0.338 e. The van der Waals surface area contributed by atoms with E-state index in [1.807, 2.05) is 0 Å². The third-order valence-corrected chi connectivity index (χ3v) is 4.92. The molecule has 0 saturated heterocycles.